The molecule has 0 unspecified atom stereocenters. The molecule has 5 nitrogen and oxygen atoms in total. The Labute approximate surface area is 169 Å². The van der Waals surface area contributed by atoms with E-state index in [1.54, 1.807) is 54.6 Å². The highest BCUT2D eigenvalue weighted by atomic mass is 32.2. The second kappa shape index (κ2) is 7.56. The molecule has 4 rings (SSSR count). The number of nitrogens with zero attached hydrogens (tertiary/aromatic N) is 1. The first kappa shape index (κ1) is 19.0. The van der Waals surface area contributed by atoms with Gasteiger partial charge >= 0.3 is 0 Å². The van der Waals surface area contributed by atoms with Crippen LogP contribution in [0.25, 0.3) is 10.9 Å². The molecular weight excluding hydrogens is 384 g/mol. The molecule has 29 heavy (non-hydrogen) atoms. The summed E-state index contributed by atoms with van der Waals surface area (Å²) in [6.07, 6.45) is 1.95. The number of hydrogen-bond donors (Lipinski definition) is 1. The second-order valence-corrected chi connectivity index (χ2v) is 8.88. The van der Waals surface area contributed by atoms with E-state index >= 15 is 0 Å². The van der Waals surface area contributed by atoms with Crippen molar-refractivity contribution >= 4 is 32.3 Å². The van der Waals surface area contributed by atoms with E-state index in [1.165, 1.54) is 0 Å². The van der Waals surface area contributed by atoms with Crippen LogP contribution in [0.1, 0.15) is 15.9 Å². The summed E-state index contributed by atoms with van der Waals surface area (Å²) in [5.74, 6) is -0.346. The Hall–Kier alpha value is -3.38. The zero-order valence-electron chi connectivity index (χ0n) is 15.9. The van der Waals surface area contributed by atoms with Gasteiger partial charge in [-0.1, -0.05) is 36.4 Å². The van der Waals surface area contributed by atoms with Gasteiger partial charge in [0, 0.05) is 29.7 Å². The number of carbonyl (C=O) groups is 1. The van der Waals surface area contributed by atoms with E-state index in [1.807, 2.05) is 42.1 Å². The number of fused-ring (bicyclic) bond motifs is 1. The van der Waals surface area contributed by atoms with Gasteiger partial charge in [-0.15, -0.1) is 0 Å². The molecule has 4 aromatic rings. The van der Waals surface area contributed by atoms with Gasteiger partial charge in [0.15, 0.2) is 9.84 Å². The number of rotatable bonds is 5. The predicted octanol–water partition coefficient (Wildman–Crippen LogP) is 4.40. The van der Waals surface area contributed by atoms with Crippen molar-refractivity contribution < 1.29 is 13.2 Å². The Kier molecular flexibility index (Phi) is 4.94. The summed E-state index contributed by atoms with van der Waals surface area (Å²) in [5, 5.41) is 3.90. The molecule has 0 saturated heterocycles. The summed E-state index contributed by atoms with van der Waals surface area (Å²) in [5.41, 5.74) is 2.88. The molecule has 0 aliphatic heterocycles. The highest BCUT2D eigenvalue weighted by Gasteiger charge is 2.15. The quantitative estimate of drug-likeness (QED) is 0.536. The van der Waals surface area contributed by atoms with Gasteiger partial charge in [-0.3, -0.25) is 4.79 Å². The van der Waals surface area contributed by atoms with Gasteiger partial charge in [0.2, 0.25) is 0 Å². The first-order valence-electron chi connectivity index (χ1n) is 9.16. The van der Waals surface area contributed by atoms with Crippen molar-refractivity contribution in [2.75, 3.05) is 5.32 Å². The van der Waals surface area contributed by atoms with Gasteiger partial charge < -0.3 is 9.88 Å². The van der Waals surface area contributed by atoms with Gasteiger partial charge in [-0.05, 0) is 48.0 Å². The molecule has 0 spiro atoms. The van der Waals surface area contributed by atoms with Crippen LogP contribution in [-0.2, 0) is 22.6 Å². The largest absolute Gasteiger partial charge is 0.350 e. The van der Waals surface area contributed by atoms with Gasteiger partial charge in [-0.2, -0.15) is 0 Å². The molecule has 0 aliphatic carbocycles. The minimum absolute atomic E-state index is 0.109. The summed E-state index contributed by atoms with van der Waals surface area (Å²) < 4.78 is 27.0. The van der Waals surface area contributed by atoms with Crippen LogP contribution >= 0.6 is 0 Å². The molecule has 3 aromatic carbocycles. The van der Waals surface area contributed by atoms with Crippen LogP contribution in [0.3, 0.4) is 0 Å². The number of hydrogen-bond acceptors (Lipinski definition) is 3. The molecule has 1 heterocycles. The first-order valence-corrected chi connectivity index (χ1v) is 10.8. The Bertz CT molecular complexity index is 1270. The second-order valence-electron chi connectivity index (χ2n) is 6.89. The molecule has 1 amide bonds. The Morgan fingerprint density at radius 1 is 0.897 bits per heavy atom. The lowest BCUT2D eigenvalue weighted by Crippen LogP contribution is -2.12. The minimum Gasteiger partial charge on any atom is -0.350 e. The van der Waals surface area contributed by atoms with E-state index in [-0.39, 0.29) is 16.6 Å². The maximum absolute atomic E-state index is 12.6. The van der Waals surface area contributed by atoms with E-state index in [0.29, 0.717) is 11.1 Å². The molecule has 1 aromatic heterocycles. The van der Waals surface area contributed by atoms with Crippen molar-refractivity contribution in [3.63, 3.8) is 0 Å². The highest BCUT2D eigenvalue weighted by molar-refractivity contribution is 7.90. The van der Waals surface area contributed by atoms with Gasteiger partial charge in [0.05, 0.1) is 16.3 Å². The summed E-state index contributed by atoms with van der Waals surface area (Å²) >= 11 is 0. The van der Waals surface area contributed by atoms with Crippen LogP contribution < -0.4 is 5.32 Å². The molecule has 0 aliphatic rings. The number of sulfone groups is 1. The Balaban J connectivity index is 1.51. The molecule has 0 bridgehead atoms. The van der Waals surface area contributed by atoms with Crippen LogP contribution in [0.2, 0.25) is 0 Å². The third kappa shape index (κ3) is 3.93. The minimum atomic E-state index is -3.42. The fourth-order valence-corrected chi connectivity index (χ4v) is 4.66. The summed E-state index contributed by atoms with van der Waals surface area (Å²) in [6, 6.07) is 22.7. The monoisotopic (exact) mass is 404 g/mol. The van der Waals surface area contributed by atoms with E-state index < -0.39 is 9.84 Å². The van der Waals surface area contributed by atoms with Gasteiger partial charge in [0.1, 0.15) is 0 Å². The standard InChI is InChI=1S/C23H20N2O3S/c1-25-15-14-20-21(8-5-9-22(20)25)24-23(26)18-12-10-17(11-13-18)16-29(27,28)19-6-3-2-4-7-19/h2-15H,16H2,1H3,(H,24,26). The van der Waals surface area contributed by atoms with Crippen molar-refractivity contribution in [3.05, 3.63) is 96.2 Å². The zero-order chi connectivity index (χ0) is 20.4. The average molecular weight is 404 g/mol. The number of carbonyl (C=O) groups excluding carboxylic acids is 1. The van der Waals surface area contributed by atoms with Gasteiger partial charge in [-0.25, -0.2) is 8.42 Å². The Morgan fingerprint density at radius 2 is 1.62 bits per heavy atom. The van der Waals surface area contributed by atoms with Crippen LogP contribution in [-0.4, -0.2) is 18.9 Å². The number of aryl methyl sites for hydroxylation is 1. The topological polar surface area (TPSA) is 68.2 Å². The SMILES string of the molecule is Cn1ccc2c(NC(=O)c3ccc(CS(=O)(=O)c4ccccc4)cc3)cccc21. The molecule has 0 saturated carbocycles. The number of benzene rings is 3. The van der Waals surface area contributed by atoms with Gasteiger partial charge in [0.25, 0.3) is 5.91 Å². The molecule has 1 N–H and O–H groups in total. The van der Waals surface area contributed by atoms with E-state index in [0.717, 1.165) is 16.6 Å². The van der Waals surface area contributed by atoms with E-state index in [4.69, 9.17) is 0 Å². The normalized spacial score (nSPS) is 11.5. The lowest BCUT2D eigenvalue weighted by molar-refractivity contribution is 0.102. The van der Waals surface area contributed by atoms with Crippen LogP contribution in [0.5, 0.6) is 0 Å². The van der Waals surface area contributed by atoms with E-state index in [9.17, 15) is 13.2 Å². The highest BCUT2D eigenvalue weighted by Crippen LogP contribution is 2.24. The van der Waals surface area contributed by atoms with Crippen molar-refractivity contribution in [2.45, 2.75) is 10.6 Å². The van der Waals surface area contributed by atoms with Crippen molar-refractivity contribution in [1.29, 1.82) is 0 Å². The number of aromatic nitrogens is 1. The van der Waals surface area contributed by atoms with Crippen molar-refractivity contribution in [2.24, 2.45) is 7.05 Å². The fraction of sp³-hybridized carbons (Fsp3) is 0.0870. The zero-order valence-corrected chi connectivity index (χ0v) is 16.7. The summed E-state index contributed by atoms with van der Waals surface area (Å²) in [4.78, 5) is 12.9. The number of nitrogens with one attached hydrogen (secondary N) is 1. The molecule has 0 fully saturated rings. The Morgan fingerprint density at radius 3 is 2.34 bits per heavy atom. The van der Waals surface area contributed by atoms with Crippen molar-refractivity contribution in [3.8, 4) is 0 Å². The smallest absolute Gasteiger partial charge is 0.255 e. The molecule has 146 valence electrons. The number of anilines is 1. The van der Waals surface area contributed by atoms with Crippen LogP contribution in [0.15, 0.2) is 90.0 Å². The fourth-order valence-electron chi connectivity index (χ4n) is 3.29. The van der Waals surface area contributed by atoms with Crippen LogP contribution in [0.4, 0.5) is 5.69 Å². The molecular formula is C23H20N2O3S. The third-order valence-corrected chi connectivity index (χ3v) is 6.56. The van der Waals surface area contributed by atoms with E-state index in [2.05, 4.69) is 5.32 Å². The number of amides is 1. The molecule has 0 radical (unpaired) electrons. The summed E-state index contributed by atoms with van der Waals surface area (Å²) in [7, 11) is -1.47. The lowest BCUT2D eigenvalue weighted by Gasteiger charge is -2.09. The third-order valence-electron chi connectivity index (χ3n) is 4.85. The molecule has 0 atom stereocenters. The van der Waals surface area contributed by atoms with Crippen LogP contribution in [0, 0.1) is 0 Å². The first-order chi connectivity index (χ1) is 13.9. The predicted molar refractivity (Wildman–Crippen MR) is 115 cm³/mol. The lowest BCUT2D eigenvalue weighted by atomic mass is 10.1. The maximum atomic E-state index is 12.6. The average Bonchev–Trinajstić information content (AvgIpc) is 3.11. The summed E-state index contributed by atoms with van der Waals surface area (Å²) in [6.45, 7) is 0. The molecule has 6 heteroatoms. The maximum Gasteiger partial charge on any atom is 0.255 e. The van der Waals surface area contributed by atoms with Crippen molar-refractivity contribution in [1.82, 2.24) is 4.57 Å².